The number of aliphatic hydroxyl groups is 1. The second-order valence-electron chi connectivity index (χ2n) is 6.80. The van der Waals surface area contributed by atoms with E-state index >= 15 is 0 Å². The number of halogens is 1. The molecule has 7 nitrogen and oxygen atoms in total. The Morgan fingerprint density at radius 1 is 1.50 bits per heavy atom. The molecule has 3 rings (SSSR count). The molecule has 1 aromatic heterocycles. The lowest BCUT2D eigenvalue weighted by Crippen LogP contribution is -2.47. The molecule has 1 saturated heterocycles. The first kappa shape index (κ1) is 18.6. The molecule has 142 valence electrons. The number of amides is 2. The molecular weight excluding hydrogens is 337 g/mol. The summed E-state index contributed by atoms with van der Waals surface area (Å²) in [5.41, 5.74) is 1.30. The van der Waals surface area contributed by atoms with Gasteiger partial charge in [0.2, 0.25) is 0 Å². The minimum atomic E-state index is -0.322. The number of nitrogens with one attached hydrogen (secondary N) is 2. The van der Waals surface area contributed by atoms with Gasteiger partial charge < -0.3 is 20.3 Å². The topological polar surface area (TPSA) is 84.5 Å². The summed E-state index contributed by atoms with van der Waals surface area (Å²) in [6.07, 6.45) is 3.30. The highest BCUT2D eigenvalue weighted by Gasteiger charge is 2.21. The van der Waals surface area contributed by atoms with Gasteiger partial charge in [-0.2, -0.15) is 0 Å². The van der Waals surface area contributed by atoms with Crippen LogP contribution in [0.3, 0.4) is 0 Å². The largest absolute Gasteiger partial charge is 0.395 e. The predicted molar refractivity (Wildman–Crippen MR) is 97.2 cm³/mol. The first-order valence-corrected chi connectivity index (χ1v) is 9.05. The lowest BCUT2D eigenvalue weighted by Gasteiger charge is -2.34. The molecule has 1 aromatic carbocycles. The number of nitrogens with zero attached hydrogens (tertiary/aromatic N) is 3. The molecule has 1 aliphatic rings. The van der Waals surface area contributed by atoms with Crippen LogP contribution in [0.2, 0.25) is 0 Å². The third-order valence-corrected chi connectivity index (χ3v) is 4.86. The Kier molecular flexibility index (Phi) is 6.05. The predicted octanol–water partition coefficient (Wildman–Crippen LogP) is 1.69. The molecular formula is C18H26FN5O2. The quantitative estimate of drug-likeness (QED) is 0.729. The van der Waals surface area contributed by atoms with Crippen molar-refractivity contribution in [1.82, 2.24) is 25.1 Å². The summed E-state index contributed by atoms with van der Waals surface area (Å²) in [6, 6.07) is 4.38. The van der Waals surface area contributed by atoms with Crippen molar-refractivity contribution < 1.29 is 14.3 Å². The number of H-pyrrole nitrogens is 1. The number of urea groups is 1. The number of rotatable bonds is 6. The Morgan fingerprint density at radius 2 is 2.35 bits per heavy atom. The number of hydrogen-bond acceptors (Lipinski definition) is 4. The van der Waals surface area contributed by atoms with E-state index < -0.39 is 0 Å². The number of benzene rings is 1. The average molecular weight is 363 g/mol. The summed E-state index contributed by atoms with van der Waals surface area (Å²) < 4.78 is 13.2. The van der Waals surface area contributed by atoms with E-state index in [2.05, 4.69) is 20.2 Å². The van der Waals surface area contributed by atoms with Gasteiger partial charge in [0.05, 0.1) is 24.2 Å². The molecule has 1 unspecified atom stereocenters. The van der Waals surface area contributed by atoms with E-state index in [1.807, 2.05) is 0 Å². The van der Waals surface area contributed by atoms with Gasteiger partial charge >= 0.3 is 6.03 Å². The van der Waals surface area contributed by atoms with Gasteiger partial charge in [-0.25, -0.2) is 14.2 Å². The van der Waals surface area contributed by atoms with E-state index in [-0.39, 0.29) is 24.5 Å². The summed E-state index contributed by atoms with van der Waals surface area (Å²) >= 11 is 0. The van der Waals surface area contributed by atoms with Crippen LogP contribution in [0.1, 0.15) is 25.1 Å². The standard InChI is InChI=1S/C18H26FN5O2/c1-23(11-17-21-15-6-5-13(19)10-16(15)22-17)18(26)20-7-9-24-8-3-2-4-14(24)12-25/h5-6,10,14,25H,2-4,7-9,11-12H2,1H3,(H,20,26)(H,21,22). The highest BCUT2D eigenvalue weighted by Crippen LogP contribution is 2.16. The smallest absolute Gasteiger partial charge is 0.317 e. The fraction of sp³-hybridized carbons (Fsp3) is 0.556. The molecule has 0 radical (unpaired) electrons. The minimum Gasteiger partial charge on any atom is -0.395 e. The zero-order chi connectivity index (χ0) is 18.5. The van der Waals surface area contributed by atoms with Gasteiger partial charge in [0.15, 0.2) is 0 Å². The zero-order valence-corrected chi connectivity index (χ0v) is 15.0. The second kappa shape index (κ2) is 8.46. The minimum absolute atomic E-state index is 0.167. The highest BCUT2D eigenvalue weighted by molar-refractivity contribution is 5.76. The van der Waals surface area contributed by atoms with E-state index in [4.69, 9.17) is 0 Å². The van der Waals surface area contributed by atoms with Gasteiger partial charge in [-0.3, -0.25) is 4.90 Å². The van der Waals surface area contributed by atoms with Crippen LogP contribution >= 0.6 is 0 Å². The number of carbonyl (C=O) groups excluding carboxylic acids is 1. The van der Waals surface area contributed by atoms with Crippen LogP contribution in [0.25, 0.3) is 11.0 Å². The van der Waals surface area contributed by atoms with Crippen molar-refractivity contribution in [2.45, 2.75) is 31.8 Å². The Hall–Kier alpha value is -2.19. The first-order valence-electron chi connectivity index (χ1n) is 9.05. The van der Waals surface area contributed by atoms with Crippen LogP contribution < -0.4 is 5.32 Å². The molecule has 1 atom stereocenters. The number of likely N-dealkylation sites (tertiary alicyclic amines) is 1. The van der Waals surface area contributed by atoms with Crippen molar-refractivity contribution in [2.24, 2.45) is 0 Å². The maximum absolute atomic E-state index is 13.2. The van der Waals surface area contributed by atoms with Crippen LogP contribution in [-0.2, 0) is 6.54 Å². The summed E-state index contributed by atoms with van der Waals surface area (Å²) in [7, 11) is 1.69. The van der Waals surface area contributed by atoms with Gasteiger partial charge in [0.1, 0.15) is 11.6 Å². The molecule has 0 spiro atoms. The average Bonchev–Trinajstić information content (AvgIpc) is 3.03. The summed E-state index contributed by atoms with van der Waals surface area (Å²) in [5, 5.41) is 12.3. The number of piperidine rings is 1. The Balaban J connectivity index is 1.47. The normalized spacial score (nSPS) is 18.2. The maximum atomic E-state index is 13.2. The van der Waals surface area contributed by atoms with Gasteiger partial charge in [-0.15, -0.1) is 0 Å². The summed E-state index contributed by atoms with van der Waals surface area (Å²) in [6.45, 7) is 2.71. The van der Waals surface area contributed by atoms with Crippen LogP contribution in [0.4, 0.5) is 9.18 Å². The van der Waals surface area contributed by atoms with Crippen molar-refractivity contribution in [3.05, 3.63) is 29.8 Å². The lowest BCUT2D eigenvalue weighted by molar-refractivity contribution is 0.0911. The van der Waals surface area contributed by atoms with E-state index in [1.165, 1.54) is 17.0 Å². The second-order valence-corrected chi connectivity index (χ2v) is 6.80. The molecule has 1 aliphatic heterocycles. The fourth-order valence-electron chi connectivity index (χ4n) is 3.41. The molecule has 2 amide bonds. The van der Waals surface area contributed by atoms with E-state index in [9.17, 15) is 14.3 Å². The third kappa shape index (κ3) is 4.50. The number of hydrogen-bond donors (Lipinski definition) is 3. The van der Waals surface area contributed by atoms with E-state index in [0.29, 0.717) is 29.9 Å². The molecule has 0 saturated carbocycles. The first-order chi connectivity index (χ1) is 12.6. The van der Waals surface area contributed by atoms with Crippen molar-refractivity contribution in [3.63, 3.8) is 0 Å². The monoisotopic (exact) mass is 363 g/mol. The van der Waals surface area contributed by atoms with Crippen LogP contribution in [0.5, 0.6) is 0 Å². The molecule has 0 aliphatic carbocycles. The Bertz CT molecular complexity index is 750. The summed E-state index contributed by atoms with van der Waals surface area (Å²) in [5.74, 6) is 0.289. The molecule has 2 aromatic rings. The number of fused-ring (bicyclic) bond motifs is 1. The molecule has 8 heteroatoms. The molecule has 0 bridgehead atoms. The Morgan fingerprint density at radius 3 is 3.15 bits per heavy atom. The SMILES string of the molecule is CN(Cc1nc2ccc(F)cc2[nH]1)C(=O)NCCN1CCCCC1CO. The van der Waals surface area contributed by atoms with E-state index in [1.54, 1.807) is 13.1 Å². The van der Waals surface area contributed by atoms with Crippen LogP contribution in [0, 0.1) is 5.82 Å². The molecule has 2 heterocycles. The third-order valence-electron chi connectivity index (χ3n) is 4.86. The van der Waals surface area contributed by atoms with Crippen LogP contribution in [-0.4, -0.2) is 70.2 Å². The number of aromatic amines is 1. The van der Waals surface area contributed by atoms with Crippen molar-refractivity contribution >= 4 is 17.1 Å². The highest BCUT2D eigenvalue weighted by atomic mass is 19.1. The van der Waals surface area contributed by atoms with Crippen molar-refractivity contribution in [1.29, 1.82) is 0 Å². The van der Waals surface area contributed by atoms with Gasteiger partial charge in [0.25, 0.3) is 0 Å². The van der Waals surface area contributed by atoms with Gasteiger partial charge in [-0.05, 0) is 37.6 Å². The molecule has 3 N–H and O–H groups in total. The van der Waals surface area contributed by atoms with Crippen LogP contribution in [0.15, 0.2) is 18.2 Å². The molecule has 26 heavy (non-hydrogen) atoms. The lowest BCUT2D eigenvalue weighted by atomic mass is 10.0. The van der Waals surface area contributed by atoms with Gasteiger partial charge in [-0.1, -0.05) is 6.42 Å². The van der Waals surface area contributed by atoms with E-state index in [0.717, 1.165) is 32.4 Å². The van der Waals surface area contributed by atoms with Crippen molar-refractivity contribution in [3.8, 4) is 0 Å². The number of aromatic nitrogens is 2. The number of carbonyl (C=O) groups is 1. The fourth-order valence-corrected chi connectivity index (χ4v) is 3.41. The summed E-state index contributed by atoms with van der Waals surface area (Å²) in [4.78, 5) is 23.4. The van der Waals surface area contributed by atoms with Crippen molar-refractivity contribution in [2.75, 3.05) is 33.3 Å². The number of imidazole rings is 1. The molecule has 1 fully saturated rings. The Labute approximate surface area is 152 Å². The number of aliphatic hydroxyl groups excluding tert-OH is 1. The zero-order valence-electron chi connectivity index (χ0n) is 15.0. The van der Waals surface area contributed by atoms with Gasteiger partial charge in [0, 0.05) is 26.2 Å². The maximum Gasteiger partial charge on any atom is 0.317 e.